The average molecular weight is 227 g/mol. The van der Waals surface area contributed by atoms with Crippen molar-refractivity contribution in [1.82, 2.24) is 4.90 Å². The summed E-state index contributed by atoms with van der Waals surface area (Å²) in [6.45, 7) is 5.55. The van der Waals surface area contributed by atoms with Gasteiger partial charge in [-0.05, 0) is 24.7 Å². The number of unbranched alkanes of at least 4 members (excludes halogenated alkanes) is 1. The molecule has 0 aromatic rings. The molecule has 0 saturated carbocycles. The first-order valence-corrected chi connectivity index (χ1v) is 6.35. The number of carbonyl (C=O) groups is 2. The largest absolute Gasteiger partial charge is 0.274 e. The fourth-order valence-corrected chi connectivity index (χ4v) is 2.92. The highest BCUT2D eigenvalue weighted by molar-refractivity contribution is 7.99. The van der Waals surface area contributed by atoms with E-state index in [0.717, 1.165) is 25.0 Å². The van der Waals surface area contributed by atoms with Crippen LogP contribution < -0.4 is 0 Å². The molecule has 1 fully saturated rings. The van der Waals surface area contributed by atoms with E-state index in [4.69, 9.17) is 0 Å². The van der Waals surface area contributed by atoms with Crippen molar-refractivity contribution in [3.05, 3.63) is 12.7 Å². The molecule has 1 rings (SSSR count). The molecule has 2 amide bonds. The molecule has 1 atom stereocenters. The van der Waals surface area contributed by atoms with Crippen molar-refractivity contribution in [3.63, 3.8) is 0 Å². The molecular weight excluding hydrogens is 210 g/mol. The van der Waals surface area contributed by atoms with Crippen molar-refractivity contribution >= 4 is 23.6 Å². The first kappa shape index (κ1) is 12.3. The van der Waals surface area contributed by atoms with Gasteiger partial charge in [0.15, 0.2) is 0 Å². The van der Waals surface area contributed by atoms with E-state index < -0.39 is 0 Å². The van der Waals surface area contributed by atoms with Gasteiger partial charge in [-0.25, -0.2) is 0 Å². The molecule has 3 nitrogen and oxygen atoms in total. The standard InChI is InChI=1S/C11H17NO2S/c1-3-5-8-15-11-7-6-10(14)12(11)9(13)4-2/h4,11H,2-3,5-8H2,1H3. The Hall–Kier alpha value is -0.770. The quantitative estimate of drug-likeness (QED) is 0.533. The minimum atomic E-state index is -0.258. The van der Waals surface area contributed by atoms with E-state index >= 15 is 0 Å². The summed E-state index contributed by atoms with van der Waals surface area (Å²) in [7, 11) is 0. The van der Waals surface area contributed by atoms with Gasteiger partial charge in [0.2, 0.25) is 5.91 Å². The van der Waals surface area contributed by atoms with E-state index in [2.05, 4.69) is 13.5 Å². The van der Waals surface area contributed by atoms with Gasteiger partial charge in [-0.3, -0.25) is 14.5 Å². The lowest BCUT2D eigenvalue weighted by atomic mass is 10.4. The van der Waals surface area contributed by atoms with Crippen LogP contribution in [0.4, 0.5) is 0 Å². The molecule has 0 spiro atoms. The highest BCUT2D eigenvalue weighted by Crippen LogP contribution is 2.28. The highest BCUT2D eigenvalue weighted by Gasteiger charge is 2.34. The van der Waals surface area contributed by atoms with Gasteiger partial charge in [0.05, 0.1) is 5.37 Å². The minimum absolute atomic E-state index is 0.0366. The summed E-state index contributed by atoms with van der Waals surface area (Å²) >= 11 is 1.70. The molecule has 84 valence electrons. The zero-order chi connectivity index (χ0) is 11.3. The lowest BCUT2D eigenvalue weighted by Crippen LogP contribution is -2.35. The predicted molar refractivity (Wildman–Crippen MR) is 62.4 cm³/mol. The summed E-state index contributed by atoms with van der Waals surface area (Å²) in [4.78, 5) is 24.3. The number of nitrogens with zero attached hydrogens (tertiary/aromatic N) is 1. The van der Waals surface area contributed by atoms with Gasteiger partial charge < -0.3 is 0 Å². The van der Waals surface area contributed by atoms with Crippen molar-refractivity contribution in [2.45, 2.75) is 38.0 Å². The van der Waals surface area contributed by atoms with Crippen LogP contribution in [-0.4, -0.2) is 27.8 Å². The molecule has 0 aromatic heterocycles. The van der Waals surface area contributed by atoms with E-state index in [1.807, 2.05) is 0 Å². The molecule has 4 heteroatoms. The van der Waals surface area contributed by atoms with Crippen LogP contribution in [0.5, 0.6) is 0 Å². The second-order valence-electron chi connectivity index (χ2n) is 3.52. The van der Waals surface area contributed by atoms with Gasteiger partial charge in [0.25, 0.3) is 5.91 Å². The Labute approximate surface area is 94.9 Å². The molecule has 0 radical (unpaired) electrons. The van der Waals surface area contributed by atoms with Crippen molar-refractivity contribution in [3.8, 4) is 0 Å². The zero-order valence-electron chi connectivity index (χ0n) is 9.07. The summed E-state index contributed by atoms with van der Waals surface area (Å²) in [6.07, 6.45) is 4.77. The Morgan fingerprint density at radius 1 is 1.73 bits per heavy atom. The van der Waals surface area contributed by atoms with E-state index in [9.17, 15) is 9.59 Å². The highest BCUT2D eigenvalue weighted by atomic mass is 32.2. The number of carbonyl (C=O) groups excluding carboxylic acids is 2. The maximum absolute atomic E-state index is 11.5. The first-order chi connectivity index (χ1) is 7.20. The van der Waals surface area contributed by atoms with Gasteiger partial charge in [-0.15, -0.1) is 11.8 Å². The van der Waals surface area contributed by atoms with E-state index in [-0.39, 0.29) is 17.2 Å². The zero-order valence-corrected chi connectivity index (χ0v) is 9.89. The molecule has 0 aliphatic carbocycles. The third kappa shape index (κ3) is 3.09. The minimum Gasteiger partial charge on any atom is -0.274 e. The maximum Gasteiger partial charge on any atom is 0.253 e. The Balaban J connectivity index is 2.52. The SMILES string of the molecule is C=CC(=O)N1C(=O)CCC1SCCCC. The van der Waals surface area contributed by atoms with E-state index in [1.54, 1.807) is 11.8 Å². The maximum atomic E-state index is 11.5. The van der Waals surface area contributed by atoms with Gasteiger partial charge in [-0.1, -0.05) is 19.9 Å². The first-order valence-electron chi connectivity index (χ1n) is 5.30. The number of amides is 2. The van der Waals surface area contributed by atoms with Crippen molar-refractivity contribution < 1.29 is 9.59 Å². The van der Waals surface area contributed by atoms with Crippen molar-refractivity contribution in [2.24, 2.45) is 0 Å². The molecule has 0 bridgehead atoms. The lowest BCUT2D eigenvalue weighted by Gasteiger charge is -2.20. The molecule has 1 aliphatic heterocycles. The van der Waals surface area contributed by atoms with Crippen LogP contribution in [0, 0.1) is 0 Å². The van der Waals surface area contributed by atoms with Gasteiger partial charge >= 0.3 is 0 Å². The second kappa shape index (κ2) is 5.95. The topological polar surface area (TPSA) is 37.4 Å². The monoisotopic (exact) mass is 227 g/mol. The number of thioether (sulfide) groups is 1. The van der Waals surface area contributed by atoms with Crippen LogP contribution in [0.1, 0.15) is 32.6 Å². The molecule has 1 saturated heterocycles. The summed E-state index contributed by atoms with van der Waals surface area (Å²) < 4.78 is 0. The molecule has 15 heavy (non-hydrogen) atoms. The summed E-state index contributed by atoms with van der Waals surface area (Å²) in [6, 6.07) is 0. The summed E-state index contributed by atoms with van der Waals surface area (Å²) in [5.74, 6) is 0.690. The Bertz CT molecular complexity index is 265. The molecular formula is C11H17NO2S. The smallest absolute Gasteiger partial charge is 0.253 e. The fourth-order valence-electron chi connectivity index (χ4n) is 1.54. The number of hydrogen-bond acceptors (Lipinski definition) is 3. The van der Waals surface area contributed by atoms with Crippen molar-refractivity contribution in [1.29, 1.82) is 0 Å². The fraction of sp³-hybridized carbons (Fsp3) is 0.636. The number of rotatable bonds is 5. The third-order valence-electron chi connectivity index (χ3n) is 2.38. The average Bonchev–Trinajstić information content (AvgIpc) is 2.59. The van der Waals surface area contributed by atoms with Crippen molar-refractivity contribution in [2.75, 3.05) is 5.75 Å². The van der Waals surface area contributed by atoms with Crippen LogP contribution in [0.3, 0.4) is 0 Å². The van der Waals surface area contributed by atoms with Crippen LogP contribution in [0.2, 0.25) is 0 Å². The summed E-state index contributed by atoms with van der Waals surface area (Å²) in [5.41, 5.74) is 0. The molecule has 1 heterocycles. The molecule has 1 unspecified atom stereocenters. The third-order valence-corrected chi connectivity index (χ3v) is 3.74. The van der Waals surface area contributed by atoms with Crippen LogP contribution >= 0.6 is 11.8 Å². The number of imide groups is 1. The molecule has 0 N–H and O–H groups in total. The van der Waals surface area contributed by atoms with Crippen LogP contribution in [-0.2, 0) is 9.59 Å². The van der Waals surface area contributed by atoms with E-state index in [1.165, 1.54) is 11.0 Å². The van der Waals surface area contributed by atoms with E-state index in [0.29, 0.717) is 6.42 Å². The predicted octanol–water partition coefficient (Wildman–Crippen LogP) is 2.18. The number of hydrogen-bond donors (Lipinski definition) is 0. The van der Waals surface area contributed by atoms with Gasteiger partial charge in [0.1, 0.15) is 0 Å². The Morgan fingerprint density at radius 2 is 2.47 bits per heavy atom. The number of likely N-dealkylation sites (tertiary alicyclic amines) is 1. The normalized spacial score (nSPS) is 20.7. The van der Waals surface area contributed by atoms with Gasteiger partial charge in [-0.2, -0.15) is 0 Å². The second-order valence-corrected chi connectivity index (χ2v) is 4.81. The molecule has 0 aromatic carbocycles. The summed E-state index contributed by atoms with van der Waals surface area (Å²) in [5, 5.41) is 0.0366. The Kier molecular flexibility index (Phi) is 4.88. The molecule has 1 aliphatic rings. The lowest BCUT2D eigenvalue weighted by molar-refractivity contribution is -0.139. The van der Waals surface area contributed by atoms with Crippen LogP contribution in [0.15, 0.2) is 12.7 Å². The Morgan fingerprint density at radius 3 is 3.07 bits per heavy atom. The van der Waals surface area contributed by atoms with Gasteiger partial charge in [0, 0.05) is 6.42 Å². The van der Waals surface area contributed by atoms with Crippen LogP contribution in [0.25, 0.3) is 0 Å².